The Morgan fingerprint density at radius 3 is 2.94 bits per heavy atom. The van der Waals surface area contributed by atoms with Crippen LogP contribution in [-0.4, -0.2) is 6.54 Å². The topological polar surface area (TPSA) is 12.0 Å². The minimum atomic E-state index is 0.882. The van der Waals surface area contributed by atoms with E-state index in [-0.39, 0.29) is 0 Å². The third kappa shape index (κ3) is 1.59. The summed E-state index contributed by atoms with van der Waals surface area (Å²) in [6.07, 6.45) is 3.96. The van der Waals surface area contributed by atoms with Crippen molar-refractivity contribution in [2.24, 2.45) is 0 Å². The molecule has 2 heterocycles. The Balaban J connectivity index is 1.90. The van der Waals surface area contributed by atoms with Crippen LogP contribution in [0, 0.1) is 0 Å². The Morgan fingerprint density at radius 2 is 2.06 bits per heavy atom. The predicted molar refractivity (Wildman–Crippen MR) is 73.9 cm³/mol. The van der Waals surface area contributed by atoms with E-state index in [1.54, 1.807) is 10.4 Å². The van der Waals surface area contributed by atoms with Gasteiger partial charge in [0.15, 0.2) is 0 Å². The maximum atomic E-state index is 3.53. The highest BCUT2D eigenvalue weighted by atomic mass is 32.1. The average molecular weight is 241 g/mol. The molecule has 1 aromatic heterocycles. The van der Waals surface area contributed by atoms with E-state index >= 15 is 0 Å². The molecular weight excluding hydrogens is 226 g/mol. The molecule has 2 aliphatic rings. The summed E-state index contributed by atoms with van der Waals surface area (Å²) >= 11 is 2.02. The van der Waals surface area contributed by atoms with Crippen LogP contribution in [0.5, 0.6) is 0 Å². The lowest BCUT2D eigenvalue weighted by molar-refractivity contribution is 1.03. The normalized spacial score (nSPS) is 17.9. The monoisotopic (exact) mass is 241 g/mol. The quantitative estimate of drug-likeness (QED) is 0.786. The van der Waals surface area contributed by atoms with E-state index in [0.717, 1.165) is 18.9 Å². The molecule has 1 saturated carbocycles. The molecule has 4 rings (SSSR count). The number of nitrogens with one attached hydrogen (secondary N) is 1. The lowest BCUT2D eigenvalue weighted by atomic mass is 10.1. The van der Waals surface area contributed by atoms with Crippen LogP contribution in [-0.2, 0) is 6.42 Å². The maximum Gasteiger partial charge on any atom is 0.0428 e. The van der Waals surface area contributed by atoms with Gasteiger partial charge in [-0.1, -0.05) is 18.2 Å². The zero-order chi connectivity index (χ0) is 11.2. The van der Waals surface area contributed by atoms with Crippen molar-refractivity contribution in [1.29, 1.82) is 0 Å². The second kappa shape index (κ2) is 3.61. The van der Waals surface area contributed by atoms with Crippen molar-refractivity contribution in [3.63, 3.8) is 0 Å². The lowest BCUT2D eigenvalue weighted by Crippen LogP contribution is -2.01. The van der Waals surface area contributed by atoms with Crippen LogP contribution in [0.1, 0.15) is 29.2 Å². The van der Waals surface area contributed by atoms with Crippen LogP contribution >= 0.6 is 11.3 Å². The first-order valence-electron chi connectivity index (χ1n) is 6.38. The van der Waals surface area contributed by atoms with Gasteiger partial charge in [0.2, 0.25) is 0 Å². The molecule has 2 heteroatoms. The van der Waals surface area contributed by atoms with Crippen molar-refractivity contribution >= 4 is 17.0 Å². The van der Waals surface area contributed by atoms with Gasteiger partial charge in [-0.25, -0.2) is 0 Å². The van der Waals surface area contributed by atoms with Crippen LogP contribution in [0.3, 0.4) is 0 Å². The summed E-state index contributed by atoms with van der Waals surface area (Å²) in [6.45, 7) is 1.06. The van der Waals surface area contributed by atoms with Crippen molar-refractivity contribution < 1.29 is 0 Å². The summed E-state index contributed by atoms with van der Waals surface area (Å²) in [5.74, 6) is 0.882. The van der Waals surface area contributed by atoms with E-state index in [4.69, 9.17) is 0 Å². The lowest BCUT2D eigenvalue weighted by Gasteiger charge is -2.06. The van der Waals surface area contributed by atoms with Gasteiger partial charge in [-0.3, -0.25) is 0 Å². The Labute approximate surface area is 105 Å². The minimum Gasteiger partial charge on any atom is -0.384 e. The second-order valence-corrected chi connectivity index (χ2v) is 6.08. The van der Waals surface area contributed by atoms with E-state index in [9.17, 15) is 0 Å². The Kier molecular flexibility index (Phi) is 2.06. The van der Waals surface area contributed by atoms with Gasteiger partial charge in [-0.15, -0.1) is 11.3 Å². The second-order valence-electron chi connectivity index (χ2n) is 5.00. The first-order valence-corrected chi connectivity index (χ1v) is 7.19. The molecule has 0 bridgehead atoms. The van der Waals surface area contributed by atoms with Gasteiger partial charge in [0.25, 0.3) is 0 Å². The number of benzene rings is 1. The number of hydrogen-bond donors (Lipinski definition) is 1. The summed E-state index contributed by atoms with van der Waals surface area (Å²) in [5, 5.41) is 3.53. The zero-order valence-electron chi connectivity index (χ0n) is 9.70. The van der Waals surface area contributed by atoms with Gasteiger partial charge in [0.05, 0.1) is 0 Å². The highest BCUT2D eigenvalue weighted by Crippen LogP contribution is 2.48. The van der Waals surface area contributed by atoms with Crippen LogP contribution in [0.15, 0.2) is 30.3 Å². The molecule has 0 amide bonds. The summed E-state index contributed by atoms with van der Waals surface area (Å²) in [6, 6.07) is 11.2. The standard InChI is InChI=1S/C15H15NS/c1-2-4-13-12(3-1)15-11(7-8-16-13)9-14(17-15)10-5-6-10/h1-4,9-10,16H,5-8H2. The van der Waals surface area contributed by atoms with E-state index in [1.807, 2.05) is 11.3 Å². The maximum absolute atomic E-state index is 3.53. The number of fused-ring (bicyclic) bond motifs is 3. The van der Waals surface area contributed by atoms with E-state index in [2.05, 4.69) is 35.6 Å². The van der Waals surface area contributed by atoms with Crippen LogP contribution < -0.4 is 5.32 Å². The largest absolute Gasteiger partial charge is 0.384 e. The first kappa shape index (κ1) is 9.72. The number of anilines is 1. The van der Waals surface area contributed by atoms with Crippen molar-refractivity contribution in [3.8, 4) is 10.4 Å². The summed E-state index contributed by atoms with van der Waals surface area (Å²) in [7, 11) is 0. The van der Waals surface area contributed by atoms with Crippen LogP contribution in [0.4, 0.5) is 5.69 Å². The highest BCUT2D eigenvalue weighted by Gasteiger charge is 2.27. The highest BCUT2D eigenvalue weighted by molar-refractivity contribution is 7.15. The van der Waals surface area contributed by atoms with Gasteiger partial charge >= 0.3 is 0 Å². The molecule has 0 atom stereocenters. The molecular formula is C15H15NS. The molecule has 1 nitrogen and oxygen atoms in total. The van der Waals surface area contributed by atoms with Gasteiger partial charge in [0, 0.05) is 27.5 Å². The molecule has 0 unspecified atom stereocenters. The first-order chi connectivity index (χ1) is 8.42. The fourth-order valence-electron chi connectivity index (χ4n) is 2.60. The van der Waals surface area contributed by atoms with Crippen LogP contribution in [0.2, 0.25) is 0 Å². The van der Waals surface area contributed by atoms with Crippen molar-refractivity contribution in [1.82, 2.24) is 0 Å². The summed E-state index contributed by atoms with van der Waals surface area (Å²) in [5.41, 5.74) is 4.25. The van der Waals surface area contributed by atoms with Crippen molar-refractivity contribution in [2.45, 2.75) is 25.2 Å². The third-order valence-corrected chi connectivity index (χ3v) is 5.06. The molecule has 17 heavy (non-hydrogen) atoms. The van der Waals surface area contributed by atoms with Gasteiger partial charge in [0.1, 0.15) is 0 Å². The number of thiophene rings is 1. The molecule has 86 valence electrons. The molecule has 0 spiro atoms. The van der Waals surface area contributed by atoms with E-state index < -0.39 is 0 Å². The van der Waals surface area contributed by atoms with Crippen molar-refractivity contribution in [2.75, 3.05) is 11.9 Å². The van der Waals surface area contributed by atoms with Crippen LogP contribution in [0.25, 0.3) is 10.4 Å². The molecule has 1 N–H and O–H groups in total. The molecule has 1 aromatic carbocycles. The SMILES string of the molecule is c1ccc2c(c1)NCCc1cc(C3CC3)sc1-2. The fraction of sp³-hybridized carbons (Fsp3) is 0.333. The zero-order valence-corrected chi connectivity index (χ0v) is 10.5. The van der Waals surface area contributed by atoms with Gasteiger partial charge in [-0.2, -0.15) is 0 Å². The number of hydrogen-bond acceptors (Lipinski definition) is 2. The summed E-state index contributed by atoms with van der Waals surface area (Å²) < 4.78 is 0. The third-order valence-electron chi connectivity index (χ3n) is 3.69. The molecule has 0 saturated heterocycles. The minimum absolute atomic E-state index is 0.882. The molecule has 1 fully saturated rings. The molecule has 1 aliphatic heterocycles. The molecule has 1 aliphatic carbocycles. The van der Waals surface area contributed by atoms with Gasteiger partial charge < -0.3 is 5.32 Å². The smallest absolute Gasteiger partial charge is 0.0428 e. The molecule has 0 radical (unpaired) electrons. The Hall–Kier alpha value is -1.28. The van der Waals surface area contributed by atoms with Gasteiger partial charge in [-0.05, 0) is 42.9 Å². The predicted octanol–water partition coefficient (Wildman–Crippen LogP) is 4.26. The van der Waals surface area contributed by atoms with Crippen molar-refractivity contribution in [3.05, 3.63) is 40.8 Å². The summed E-state index contributed by atoms with van der Waals surface area (Å²) in [4.78, 5) is 3.12. The number of para-hydroxylation sites is 1. The Morgan fingerprint density at radius 1 is 1.18 bits per heavy atom. The fourth-order valence-corrected chi connectivity index (χ4v) is 4.02. The molecule has 2 aromatic rings. The number of rotatable bonds is 1. The van der Waals surface area contributed by atoms with E-state index in [1.165, 1.54) is 29.0 Å². The Bertz CT molecular complexity index is 566. The average Bonchev–Trinajstić information content (AvgIpc) is 3.14. The van der Waals surface area contributed by atoms with E-state index in [0.29, 0.717) is 0 Å².